The number of anilines is 1. The molecule has 170 valence electrons. The lowest BCUT2D eigenvalue weighted by molar-refractivity contribution is 0.416. The molecule has 3 heterocycles. The van der Waals surface area contributed by atoms with Gasteiger partial charge in [-0.1, -0.05) is 0 Å². The van der Waals surface area contributed by atoms with Gasteiger partial charge in [-0.2, -0.15) is 5.10 Å². The maximum absolute atomic E-state index is 13.5. The molecule has 0 spiro atoms. The predicted molar refractivity (Wildman–Crippen MR) is 120 cm³/mol. The summed E-state index contributed by atoms with van der Waals surface area (Å²) in [5, 5.41) is 11.5. The average Bonchev–Trinajstić information content (AvgIpc) is 3.45. The summed E-state index contributed by atoms with van der Waals surface area (Å²) in [5.74, 6) is -0.357. The number of H-pyrrole nitrogens is 1. The summed E-state index contributed by atoms with van der Waals surface area (Å²) in [6.07, 6.45) is 2.84. The highest BCUT2D eigenvalue weighted by Gasteiger charge is 2.18. The SMILES string of the molecule is COc1cc2c(=O)[nH]c(Cc3ccn(-c4cc(F)cc(F)c4)n3)nc2cc1N[C@@H]1CCNC1. The van der Waals surface area contributed by atoms with Crippen LogP contribution in [0.5, 0.6) is 5.75 Å². The molecule has 4 aromatic rings. The number of hydrogen-bond donors (Lipinski definition) is 3. The lowest BCUT2D eigenvalue weighted by Crippen LogP contribution is -2.22. The van der Waals surface area contributed by atoms with Gasteiger partial charge >= 0.3 is 0 Å². The first-order valence-corrected chi connectivity index (χ1v) is 10.6. The lowest BCUT2D eigenvalue weighted by Gasteiger charge is -2.16. The third-order valence-electron chi connectivity index (χ3n) is 5.60. The molecule has 5 rings (SSSR count). The first-order chi connectivity index (χ1) is 16.0. The molecule has 0 bridgehead atoms. The fraction of sp³-hybridized carbons (Fsp3) is 0.261. The van der Waals surface area contributed by atoms with E-state index in [-0.39, 0.29) is 23.7 Å². The molecule has 1 saturated heterocycles. The quantitative estimate of drug-likeness (QED) is 0.416. The Balaban J connectivity index is 1.45. The van der Waals surface area contributed by atoms with Crippen LogP contribution in [0.15, 0.2) is 47.4 Å². The third-order valence-corrected chi connectivity index (χ3v) is 5.60. The van der Waals surface area contributed by atoms with Crippen LogP contribution in [0, 0.1) is 11.6 Å². The Bertz CT molecular complexity index is 1360. The highest BCUT2D eigenvalue weighted by molar-refractivity contribution is 5.85. The van der Waals surface area contributed by atoms with E-state index >= 15 is 0 Å². The van der Waals surface area contributed by atoms with Crippen molar-refractivity contribution in [3.05, 3.63) is 76.1 Å². The summed E-state index contributed by atoms with van der Waals surface area (Å²) < 4.78 is 33.9. The van der Waals surface area contributed by atoms with Crippen molar-refractivity contribution in [1.82, 2.24) is 25.1 Å². The summed E-state index contributed by atoms with van der Waals surface area (Å²) >= 11 is 0. The molecule has 8 nitrogen and oxygen atoms in total. The predicted octanol–water partition coefficient (Wildman–Crippen LogP) is 2.76. The number of ether oxygens (including phenoxy) is 1. The molecule has 0 saturated carbocycles. The Morgan fingerprint density at radius 3 is 2.76 bits per heavy atom. The highest BCUT2D eigenvalue weighted by Crippen LogP contribution is 2.29. The van der Waals surface area contributed by atoms with Crippen molar-refractivity contribution >= 4 is 16.6 Å². The standard InChI is InChI=1S/C23H22F2N6O2/c1-33-21-10-18-19(11-20(21)27-16-2-4-26-12-16)28-22(29-23(18)32)9-15-3-5-31(30-15)17-7-13(24)6-14(25)8-17/h3,5-8,10-11,16,26-27H,2,4,9,12H2,1H3,(H,28,29,32)/t16-/m1/s1. The molecule has 1 aliphatic rings. The Hall–Kier alpha value is -3.79. The molecule has 0 amide bonds. The van der Waals surface area contributed by atoms with E-state index in [4.69, 9.17) is 4.74 Å². The Labute approximate surface area is 187 Å². The van der Waals surface area contributed by atoms with Crippen LogP contribution < -0.4 is 20.9 Å². The van der Waals surface area contributed by atoms with Crippen LogP contribution in [0.25, 0.3) is 16.6 Å². The van der Waals surface area contributed by atoms with E-state index in [2.05, 4.69) is 25.7 Å². The van der Waals surface area contributed by atoms with Crippen molar-refractivity contribution in [1.29, 1.82) is 0 Å². The Morgan fingerprint density at radius 1 is 1.21 bits per heavy atom. The normalized spacial score (nSPS) is 15.8. The van der Waals surface area contributed by atoms with Gasteiger partial charge in [-0.15, -0.1) is 0 Å². The summed E-state index contributed by atoms with van der Waals surface area (Å²) in [7, 11) is 1.57. The Kier molecular flexibility index (Phi) is 5.51. The molecule has 0 unspecified atom stereocenters. The third kappa shape index (κ3) is 4.42. The monoisotopic (exact) mass is 452 g/mol. The minimum absolute atomic E-state index is 0.247. The molecule has 10 heteroatoms. The summed E-state index contributed by atoms with van der Waals surface area (Å²) in [4.78, 5) is 20.1. The van der Waals surface area contributed by atoms with E-state index < -0.39 is 11.6 Å². The van der Waals surface area contributed by atoms with Crippen LogP contribution in [-0.2, 0) is 6.42 Å². The molecular formula is C23H22F2N6O2. The molecule has 1 atom stereocenters. The molecule has 0 aliphatic carbocycles. The largest absolute Gasteiger partial charge is 0.495 e. The van der Waals surface area contributed by atoms with Crippen molar-refractivity contribution < 1.29 is 13.5 Å². The number of nitrogens with one attached hydrogen (secondary N) is 3. The van der Waals surface area contributed by atoms with Crippen LogP contribution in [0.3, 0.4) is 0 Å². The van der Waals surface area contributed by atoms with Crippen molar-refractivity contribution in [2.45, 2.75) is 18.9 Å². The zero-order chi connectivity index (χ0) is 22.9. The lowest BCUT2D eigenvalue weighted by atomic mass is 10.1. The highest BCUT2D eigenvalue weighted by atomic mass is 19.1. The van der Waals surface area contributed by atoms with E-state index in [1.807, 2.05) is 6.07 Å². The van der Waals surface area contributed by atoms with E-state index in [9.17, 15) is 13.6 Å². The Morgan fingerprint density at radius 2 is 2.03 bits per heavy atom. The van der Waals surface area contributed by atoms with Gasteiger partial charge in [0, 0.05) is 24.8 Å². The first kappa shape index (κ1) is 21.1. The van der Waals surface area contributed by atoms with Gasteiger partial charge in [0.1, 0.15) is 23.2 Å². The molecule has 2 aromatic heterocycles. The van der Waals surface area contributed by atoms with E-state index in [0.29, 0.717) is 28.2 Å². The smallest absolute Gasteiger partial charge is 0.258 e. The van der Waals surface area contributed by atoms with Gasteiger partial charge in [0.05, 0.1) is 41.5 Å². The number of fused-ring (bicyclic) bond motifs is 1. The first-order valence-electron chi connectivity index (χ1n) is 10.6. The van der Waals surface area contributed by atoms with Crippen LogP contribution in [-0.4, -0.2) is 46.0 Å². The van der Waals surface area contributed by atoms with Crippen LogP contribution in [0.2, 0.25) is 0 Å². The maximum Gasteiger partial charge on any atom is 0.258 e. The molecule has 3 N–H and O–H groups in total. The molecular weight excluding hydrogens is 430 g/mol. The summed E-state index contributed by atoms with van der Waals surface area (Å²) in [6.45, 7) is 1.80. The number of methoxy groups -OCH3 is 1. The van der Waals surface area contributed by atoms with Crippen LogP contribution >= 0.6 is 0 Å². The molecule has 33 heavy (non-hydrogen) atoms. The maximum atomic E-state index is 13.5. The number of halogens is 2. The molecule has 1 aliphatic heterocycles. The topological polar surface area (TPSA) is 96.9 Å². The second-order valence-electron chi connectivity index (χ2n) is 7.97. The molecule has 0 radical (unpaired) electrons. The van der Waals surface area contributed by atoms with Gasteiger partial charge in [0.25, 0.3) is 5.56 Å². The fourth-order valence-electron chi connectivity index (χ4n) is 4.02. The van der Waals surface area contributed by atoms with Crippen molar-refractivity contribution in [3.63, 3.8) is 0 Å². The van der Waals surface area contributed by atoms with Crippen LogP contribution in [0.4, 0.5) is 14.5 Å². The molecule has 2 aromatic carbocycles. The average molecular weight is 452 g/mol. The van der Waals surface area contributed by atoms with E-state index in [1.165, 1.54) is 16.8 Å². The zero-order valence-electron chi connectivity index (χ0n) is 17.9. The number of nitrogens with zero attached hydrogens (tertiary/aromatic N) is 3. The van der Waals surface area contributed by atoms with Crippen molar-refractivity contribution in [2.24, 2.45) is 0 Å². The number of benzene rings is 2. The van der Waals surface area contributed by atoms with E-state index in [1.54, 1.807) is 25.4 Å². The van der Waals surface area contributed by atoms with Gasteiger partial charge in [0.2, 0.25) is 0 Å². The van der Waals surface area contributed by atoms with Gasteiger partial charge < -0.3 is 20.4 Å². The van der Waals surface area contributed by atoms with E-state index in [0.717, 1.165) is 31.3 Å². The summed E-state index contributed by atoms with van der Waals surface area (Å²) in [5.41, 5.74) is 1.89. The second-order valence-corrected chi connectivity index (χ2v) is 7.97. The number of aromatic nitrogens is 4. The van der Waals surface area contributed by atoms with Gasteiger partial charge in [-0.25, -0.2) is 18.4 Å². The second kappa shape index (κ2) is 8.62. The number of hydrogen-bond acceptors (Lipinski definition) is 6. The number of rotatable bonds is 6. The summed E-state index contributed by atoms with van der Waals surface area (Å²) in [6, 6.07) is 8.67. The van der Waals surface area contributed by atoms with Gasteiger partial charge in [-0.05, 0) is 43.3 Å². The van der Waals surface area contributed by atoms with Gasteiger partial charge in [-0.3, -0.25) is 4.79 Å². The minimum Gasteiger partial charge on any atom is -0.495 e. The minimum atomic E-state index is -0.684. The molecule has 1 fully saturated rings. The zero-order valence-corrected chi connectivity index (χ0v) is 17.9. The van der Waals surface area contributed by atoms with Crippen molar-refractivity contribution in [2.75, 3.05) is 25.5 Å². The number of aromatic amines is 1. The van der Waals surface area contributed by atoms with Crippen LogP contribution in [0.1, 0.15) is 17.9 Å². The van der Waals surface area contributed by atoms with Gasteiger partial charge in [0.15, 0.2) is 0 Å². The van der Waals surface area contributed by atoms with Crippen molar-refractivity contribution in [3.8, 4) is 11.4 Å². The fourth-order valence-corrected chi connectivity index (χ4v) is 4.02.